The van der Waals surface area contributed by atoms with E-state index >= 15 is 0 Å². The number of alkyl halides is 1. The number of likely N-dealkylation sites (tertiary alicyclic amines) is 1. The summed E-state index contributed by atoms with van der Waals surface area (Å²) >= 11 is 3.68. The van der Waals surface area contributed by atoms with Gasteiger partial charge in [-0.25, -0.2) is 0 Å². The van der Waals surface area contributed by atoms with Gasteiger partial charge in [-0.1, -0.05) is 54.4 Å². The SMILES string of the molecule is CC[C@H](C)[C@H](CO)N1C(=O)[C@@H]2[C@@H](C(=O)Nc3ccccc3)[C@@H]3OC2(CC3Br)C1C(=O)NC(C)(C)C. The fraction of sp³-hybridized carbons (Fsp3) is 0.654. The molecule has 4 rings (SSSR count). The summed E-state index contributed by atoms with van der Waals surface area (Å²) in [6.07, 6.45) is 0.625. The largest absolute Gasteiger partial charge is 0.394 e. The van der Waals surface area contributed by atoms with Crippen molar-refractivity contribution in [1.82, 2.24) is 10.2 Å². The molecule has 0 aliphatic carbocycles. The molecule has 3 aliphatic heterocycles. The maximum atomic E-state index is 14.1. The first-order valence-electron chi connectivity index (χ1n) is 12.4. The highest BCUT2D eigenvalue weighted by Gasteiger charge is 2.77. The summed E-state index contributed by atoms with van der Waals surface area (Å²) in [6.45, 7) is 9.33. The van der Waals surface area contributed by atoms with E-state index in [0.29, 0.717) is 12.1 Å². The lowest BCUT2D eigenvalue weighted by molar-refractivity contribution is -0.147. The van der Waals surface area contributed by atoms with Gasteiger partial charge in [0.15, 0.2) is 0 Å². The van der Waals surface area contributed by atoms with Crippen LogP contribution in [0.3, 0.4) is 0 Å². The lowest BCUT2D eigenvalue weighted by atomic mass is 9.70. The number of amides is 3. The predicted octanol–water partition coefficient (Wildman–Crippen LogP) is 2.69. The molecule has 8 nitrogen and oxygen atoms in total. The average Bonchev–Trinajstić information content (AvgIpc) is 3.37. The number of hydrogen-bond donors (Lipinski definition) is 3. The van der Waals surface area contributed by atoms with Gasteiger partial charge in [0.05, 0.1) is 30.6 Å². The van der Waals surface area contributed by atoms with Gasteiger partial charge < -0.3 is 25.4 Å². The van der Waals surface area contributed by atoms with E-state index in [9.17, 15) is 19.5 Å². The molecule has 2 bridgehead atoms. The Morgan fingerprint density at radius 3 is 2.49 bits per heavy atom. The number of halogens is 1. The molecule has 0 saturated carbocycles. The molecule has 3 unspecified atom stereocenters. The van der Waals surface area contributed by atoms with Crippen LogP contribution in [0.4, 0.5) is 5.69 Å². The van der Waals surface area contributed by atoms with E-state index in [1.807, 2.05) is 52.8 Å². The normalized spacial score (nSPS) is 33.4. The van der Waals surface area contributed by atoms with E-state index in [1.54, 1.807) is 12.1 Å². The Bertz CT molecular complexity index is 983. The van der Waals surface area contributed by atoms with Gasteiger partial charge in [0.1, 0.15) is 11.6 Å². The Kier molecular flexibility index (Phi) is 7.07. The lowest BCUT2D eigenvalue weighted by Crippen LogP contribution is -2.61. The third-order valence-corrected chi connectivity index (χ3v) is 8.51. The minimum Gasteiger partial charge on any atom is -0.394 e. The van der Waals surface area contributed by atoms with Gasteiger partial charge in [0, 0.05) is 16.1 Å². The molecule has 1 aromatic carbocycles. The molecule has 3 aliphatic rings. The number of carbonyl (C=O) groups excluding carboxylic acids is 3. The lowest BCUT2D eigenvalue weighted by Gasteiger charge is -2.40. The van der Waals surface area contributed by atoms with E-state index in [0.717, 1.165) is 6.42 Å². The number of carbonyl (C=O) groups is 3. The minimum absolute atomic E-state index is 0.0438. The van der Waals surface area contributed by atoms with Gasteiger partial charge in [0.25, 0.3) is 0 Å². The van der Waals surface area contributed by atoms with Gasteiger partial charge in [-0.15, -0.1) is 0 Å². The molecule has 3 heterocycles. The Balaban J connectivity index is 1.77. The zero-order chi connectivity index (χ0) is 25.7. The standard InChI is InChI=1S/C26H36BrN3O5/c1-6-14(2)17(13-31)30-21(23(33)29-25(3,4)5)26-12-16(27)20(35-26)18(19(26)24(30)34)22(32)28-15-10-8-7-9-11-15/h7-11,14,16-21,31H,6,12-13H2,1-5H3,(H,28,32)(H,29,33)/t14-,16?,17-,18+,19-,20+,21?,26?/m0/s1. The summed E-state index contributed by atoms with van der Waals surface area (Å²) in [5.41, 5.74) is -1.04. The predicted molar refractivity (Wildman–Crippen MR) is 136 cm³/mol. The van der Waals surface area contributed by atoms with Crippen LogP contribution in [0.15, 0.2) is 30.3 Å². The topological polar surface area (TPSA) is 108 Å². The molecular weight excluding hydrogens is 514 g/mol. The Morgan fingerprint density at radius 2 is 1.91 bits per heavy atom. The third-order valence-electron chi connectivity index (χ3n) is 7.66. The van der Waals surface area contributed by atoms with Crippen molar-refractivity contribution in [3.63, 3.8) is 0 Å². The van der Waals surface area contributed by atoms with Crippen molar-refractivity contribution in [3.05, 3.63) is 30.3 Å². The first-order valence-corrected chi connectivity index (χ1v) is 13.3. The Labute approximate surface area is 215 Å². The number of fused-ring (bicyclic) bond motifs is 1. The van der Waals surface area contributed by atoms with Crippen LogP contribution in [0.1, 0.15) is 47.5 Å². The zero-order valence-corrected chi connectivity index (χ0v) is 22.5. The van der Waals surface area contributed by atoms with Crippen LogP contribution in [-0.4, -0.2) is 68.5 Å². The number of rotatable bonds is 7. The van der Waals surface area contributed by atoms with Crippen molar-refractivity contribution in [2.75, 3.05) is 11.9 Å². The van der Waals surface area contributed by atoms with Crippen LogP contribution >= 0.6 is 15.9 Å². The van der Waals surface area contributed by atoms with E-state index in [2.05, 4.69) is 26.6 Å². The number of hydrogen-bond acceptors (Lipinski definition) is 5. The summed E-state index contributed by atoms with van der Waals surface area (Å²) in [5, 5.41) is 16.3. The average molecular weight is 550 g/mol. The number of para-hydroxylation sites is 1. The number of nitrogens with zero attached hydrogens (tertiary/aromatic N) is 1. The van der Waals surface area contributed by atoms with Gasteiger partial charge >= 0.3 is 0 Å². The van der Waals surface area contributed by atoms with Crippen molar-refractivity contribution >= 4 is 39.3 Å². The number of anilines is 1. The number of aliphatic hydroxyl groups excluding tert-OH is 1. The summed E-state index contributed by atoms with van der Waals surface area (Å²) in [5.74, 6) is -2.52. The molecule has 3 saturated heterocycles. The van der Waals surface area contributed by atoms with Crippen molar-refractivity contribution in [2.24, 2.45) is 17.8 Å². The third kappa shape index (κ3) is 4.40. The highest BCUT2D eigenvalue weighted by atomic mass is 79.9. The van der Waals surface area contributed by atoms with Crippen molar-refractivity contribution < 1.29 is 24.2 Å². The first-order chi connectivity index (χ1) is 16.4. The zero-order valence-electron chi connectivity index (χ0n) is 21.0. The second-order valence-electron chi connectivity index (χ2n) is 11.1. The van der Waals surface area contributed by atoms with E-state index in [-0.39, 0.29) is 35.1 Å². The van der Waals surface area contributed by atoms with Crippen LogP contribution in [-0.2, 0) is 19.1 Å². The smallest absolute Gasteiger partial charge is 0.246 e. The summed E-state index contributed by atoms with van der Waals surface area (Å²) in [7, 11) is 0. The Morgan fingerprint density at radius 1 is 1.26 bits per heavy atom. The second-order valence-corrected chi connectivity index (χ2v) is 12.3. The molecule has 0 aromatic heterocycles. The highest BCUT2D eigenvalue weighted by Crippen LogP contribution is 2.60. The molecule has 1 aromatic rings. The molecule has 8 atom stereocenters. The van der Waals surface area contributed by atoms with Crippen LogP contribution < -0.4 is 10.6 Å². The fourth-order valence-corrected chi connectivity index (χ4v) is 6.97. The Hall–Kier alpha value is -1.97. The molecule has 9 heteroatoms. The van der Waals surface area contributed by atoms with Crippen LogP contribution in [0.5, 0.6) is 0 Å². The molecule has 3 fully saturated rings. The summed E-state index contributed by atoms with van der Waals surface area (Å²) < 4.78 is 6.51. The molecule has 0 radical (unpaired) electrons. The number of aliphatic hydroxyl groups is 1. The van der Waals surface area contributed by atoms with E-state index < -0.39 is 41.2 Å². The maximum absolute atomic E-state index is 14.1. The number of nitrogens with one attached hydrogen (secondary N) is 2. The van der Waals surface area contributed by atoms with Crippen molar-refractivity contribution in [3.8, 4) is 0 Å². The summed E-state index contributed by atoms with van der Waals surface area (Å²) in [6, 6.07) is 7.60. The monoisotopic (exact) mass is 549 g/mol. The molecule has 192 valence electrons. The van der Waals surface area contributed by atoms with Crippen LogP contribution in [0.25, 0.3) is 0 Å². The first kappa shape index (κ1) is 26.1. The molecular formula is C26H36BrN3O5. The van der Waals surface area contributed by atoms with E-state index in [4.69, 9.17) is 4.74 Å². The van der Waals surface area contributed by atoms with Crippen LogP contribution in [0.2, 0.25) is 0 Å². The maximum Gasteiger partial charge on any atom is 0.246 e. The summed E-state index contributed by atoms with van der Waals surface area (Å²) in [4.78, 5) is 42.8. The number of ether oxygens (including phenoxy) is 1. The molecule has 1 spiro atoms. The second kappa shape index (κ2) is 9.48. The van der Waals surface area contributed by atoms with Crippen molar-refractivity contribution in [2.45, 2.75) is 81.6 Å². The quantitative estimate of drug-likeness (QED) is 0.453. The van der Waals surface area contributed by atoms with Crippen molar-refractivity contribution in [1.29, 1.82) is 0 Å². The van der Waals surface area contributed by atoms with Gasteiger partial charge in [-0.05, 0) is 45.2 Å². The highest BCUT2D eigenvalue weighted by molar-refractivity contribution is 9.09. The van der Waals surface area contributed by atoms with E-state index in [1.165, 1.54) is 4.90 Å². The van der Waals surface area contributed by atoms with Gasteiger partial charge in [-0.3, -0.25) is 14.4 Å². The minimum atomic E-state index is -1.15. The molecule has 3 N–H and O–H groups in total. The molecule has 3 amide bonds. The fourth-order valence-electron chi connectivity index (χ4n) is 6.02. The molecule has 35 heavy (non-hydrogen) atoms. The van der Waals surface area contributed by atoms with Gasteiger partial charge in [0.2, 0.25) is 17.7 Å². The number of benzene rings is 1. The van der Waals surface area contributed by atoms with Gasteiger partial charge in [-0.2, -0.15) is 0 Å². The van der Waals surface area contributed by atoms with Crippen LogP contribution in [0, 0.1) is 17.8 Å².